The number of aromatic nitrogens is 2. The molecule has 1 aliphatic rings. The molecule has 0 saturated carbocycles. The van der Waals surface area contributed by atoms with Gasteiger partial charge in [0.25, 0.3) is 5.56 Å². The molecular weight excluding hydrogens is 384 g/mol. The van der Waals surface area contributed by atoms with E-state index in [0.717, 1.165) is 24.0 Å². The molecule has 7 heteroatoms. The van der Waals surface area contributed by atoms with Crippen molar-refractivity contribution in [1.29, 1.82) is 5.26 Å². The highest BCUT2D eigenvalue weighted by Crippen LogP contribution is 2.30. The Labute approximate surface area is 173 Å². The largest absolute Gasteiger partial charge is 0.343 e. The van der Waals surface area contributed by atoms with E-state index in [0.29, 0.717) is 29.9 Å². The zero-order valence-electron chi connectivity index (χ0n) is 16.3. The van der Waals surface area contributed by atoms with Gasteiger partial charge in [0.1, 0.15) is 4.83 Å². The minimum absolute atomic E-state index is 0.0254. The second-order valence-electron chi connectivity index (χ2n) is 7.47. The van der Waals surface area contributed by atoms with Crippen LogP contribution in [0, 0.1) is 24.2 Å². The van der Waals surface area contributed by atoms with Gasteiger partial charge < -0.3 is 4.90 Å². The van der Waals surface area contributed by atoms with Crippen LogP contribution >= 0.6 is 11.3 Å². The van der Waals surface area contributed by atoms with E-state index in [1.165, 1.54) is 27.8 Å². The first kappa shape index (κ1) is 19.3. The number of aryl methyl sites for hydroxylation is 2. The number of rotatable bonds is 4. The zero-order valence-corrected chi connectivity index (χ0v) is 17.1. The molecule has 4 rings (SSSR count). The summed E-state index contributed by atoms with van der Waals surface area (Å²) in [6, 6.07) is 10.4. The van der Waals surface area contributed by atoms with E-state index in [9.17, 15) is 9.59 Å². The molecular formula is C22H22N4O2S. The lowest BCUT2D eigenvalue weighted by molar-refractivity contribution is -0.132. The molecule has 1 saturated heterocycles. The fourth-order valence-electron chi connectivity index (χ4n) is 3.70. The van der Waals surface area contributed by atoms with Crippen molar-refractivity contribution in [3.05, 3.63) is 51.9 Å². The maximum Gasteiger partial charge on any atom is 0.262 e. The lowest BCUT2D eigenvalue weighted by Gasteiger charge is -2.29. The van der Waals surface area contributed by atoms with E-state index >= 15 is 0 Å². The van der Waals surface area contributed by atoms with Gasteiger partial charge in [0.15, 0.2) is 0 Å². The predicted octanol–water partition coefficient (Wildman–Crippen LogP) is 3.59. The van der Waals surface area contributed by atoms with Crippen LogP contribution < -0.4 is 5.56 Å². The molecule has 0 radical (unpaired) electrons. The number of thiophene rings is 1. The highest BCUT2D eigenvalue weighted by atomic mass is 32.1. The first-order valence-electron chi connectivity index (χ1n) is 9.78. The van der Waals surface area contributed by atoms with Crippen LogP contribution in [0.4, 0.5) is 0 Å². The van der Waals surface area contributed by atoms with Crippen molar-refractivity contribution in [3.63, 3.8) is 0 Å². The first-order chi connectivity index (χ1) is 14.1. The van der Waals surface area contributed by atoms with Crippen LogP contribution in [-0.2, 0) is 11.3 Å². The van der Waals surface area contributed by atoms with Gasteiger partial charge in [0.2, 0.25) is 5.91 Å². The van der Waals surface area contributed by atoms with Gasteiger partial charge in [-0.05, 0) is 25.3 Å². The molecule has 3 heterocycles. The van der Waals surface area contributed by atoms with E-state index in [1.807, 2.05) is 36.6 Å². The minimum Gasteiger partial charge on any atom is -0.343 e. The van der Waals surface area contributed by atoms with Gasteiger partial charge in [-0.3, -0.25) is 14.2 Å². The number of amides is 1. The van der Waals surface area contributed by atoms with E-state index in [4.69, 9.17) is 5.26 Å². The highest BCUT2D eigenvalue weighted by molar-refractivity contribution is 7.17. The zero-order chi connectivity index (χ0) is 20.4. The van der Waals surface area contributed by atoms with Crippen LogP contribution in [0.5, 0.6) is 0 Å². The van der Waals surface area contributed by atoms with Crippen LogP contribution in [0.1, 0.15) is 24.8 Å². The summed E-state index contributed by atoms with van der Waals surface area (Å²) in [7, 11) is 0. The third-order valence-corrected chi connectivity index (χ3v) is 6.41. The molecule has 0 spiro atoms. The molecule has 2 aromatic heterocycles. The number of carbonyl (C=O) groups is 1. The highest BCUT2D eigenvalue weighted by Gasteiger charge is 2.22. The summed E-state index contributed by atoms with van der Waals surface area (Å²) in [6.07, 6.45) is 3.25. The molecule has 0 N–H and O–H groups in total. The third-order valence-electron chi connectivity index (χ3n) is 5.52. The average Bonchev–Trinajstić information content (AvgIpc) is 3.18. The maximum atomic E-state index is 13.1. The summed E-state index contributed by atoms with van der Waals surface area (Å²) in [5.74, 6) is 0.0736. The minimum atomic E-state index is -0.109. The quantitative estimate of drug-likeness (QED) is 0.663. The summed E-state index contributed by atoms with van der Waals surface area (Å²) < 4.78 is 1.53. The van der Waals surface area contributed by atoms with Crippen molar-refractivity contribution in [3.8, 4) is 17.2 Å². The average molecular weight is 407 g/mol. The predicted molar refractivity (Wildman–Crippen MR) is 114 cm³/mol. The molecule has 148 valence electrons. The van der Waals surface area contributed by atoms with Crippen molar-refractivity contribution in [2.75, 3.05) is 13.1 Å². The Morgan fingerprint density at radius 1 is 1.28 bits per heavy atom. The Balaban J connectivity index is 1.53. The van der Waals surface area contributed by atoms with Gasteiger partial charge >= 0.3 is 0 Å². The van der Waals surface area contributed by atoms with Crippen LogP contribution in [0.15, 0.2) is 40.8 Å². The van der Waals surface area contributed by atoms with Crippen LogP contribution in [-0.4, -0.2) is 33.4 Å². The number of likely N-dealkylation sites (tertiary alicyclic amines) is 1. The smallest absolute Gasteiger partial charge is 0.262 e. The topological polar surface area (TPSA) is 79.0 Å². The summed E-state index contributed by atoms with van der Waals surface area (Å²) in [5.41, 5.74) is 2.95. The first-order valence-corrected chi connectivity index (χ1v) is 10.7. The fourth-order valence-corrected chi connectivity index (χ4v) is 4.61. The molecule has 1 fully saturated rings. The Morgan fingerprint density at radius 2 is 2.00 bits per heavy atom. The molecule has 0 bridgehead atoms. The van der Waals surface area contributed by atoms with Gasteiger partial charge in [-0.25, -0.2) is 4.98 Å². The summed E-state index contributed by atoms with van der Waals surface area (Å²) in [5, 5.41) is 11.6. The summed E-state index contributed by atoms with van der Waals surface area (Å²) in [6.45, 7) is 3.57. The molecule has 1 aliphatic heterocycles. The Bertz CT molecular complexity index is 1130. The van der Waals surface area contributed by atoms with Crippen molar-refractivity contribution in [1.82, 2.24) is 14.5 Å². The number of piperidine rings is 1. The van der Waals surface area contributed by atoms with Crippen molar-refractivity contribution >= 4 is 27.5 Å². The Hall–Kier alpha value is -2.98. The van der Waals surface area contributed by atoms with Crippen LogP contribution in [0.2, 0.25) is 0 Å². The molecule has 1 aromatic carbocycles. The van der Waals surface area contributed by atoms with Crippen LogP contribution in [0.3, 0.4) is 0 Å². The summed E-state index contributed by atoms with van der Waals surface area (Å²) in [4.78, 5) is 32.6. The number of benzene rings is 1. The SMILES string of the molecule is Cc1ccc(-c2csc3ncn(CCC(=O)N4CCC(C#N)CC4)c(=O)c23)cc1. The van der Waals surface area contributed by atoms with Gasteiger partial charge in [-0.1, -0.05) is 29.8 Å². The van der Waals surface area contributed by atoms with Gasteiger partial charge in [-0.2, -0.15) is 5.26 Å². The number of fused-ring (bicyclic) bond motifs is 1. The van der Waals surface area contributed by atoms with E-state index in [-0.39, 0.29) is 23.8 Å². The molecule has 0 aliphatic carbocycles. The number of hydrogen-bond donors (Lipinski definition) is 0. The van der Waals surface area contributed by atoms with Gasteiger partial charge in [0.05, 0.1) is 17.8 Å². The molecule has 0 atom stereocenters. The molecule has 6 nitrogen and oxygen atoms in total. The Morgan fingerprint density at radius 3 is 2.69 bits per heavy atom. The molecule has 0 unspecified atom stereocenters. The fraction of sp³-hybridized carbons (Fsp3) is 0.364. The Kier molecular flexibility index (Phi) is 5.45. The maximum absolute atomic E-state index is 13.1. The number of carbonyl (C=O) groups excluding carboxylic acids is 1. The van der Waals surface area contributed by atoms with Gasteiger partial charge in [-0.15, -0.1) is 11.3 Å². The number of nitrogens with zero attached hydrogens (tertiary/aromatic N) is 4. The molecule has 29 heavy (non-hydrogen) atoms. The standard InChI is InChI=1S/C22H22N4O2S/c1-15-2-4-17(5-3-15)18-13-29-21-20(18)22(28)26(14-24-21)11-8-19(27)25-9-6-16(12-23)7-10-25/h2-5,13-14,16H,6-11H2,1H3. The molecule has 1 amide bonds. The van der Waals surface area contributed by atoms with E-state index < -0.39 is 0 Å². The van der Waals surface area contributed by atoms with Gasteiger partial charge in [0, 0.05) is 42.9 Å². The molecule has 3 aromatic rings. The summed E-state index contributed by atoms with van der Waals surface area (Å²) >= 11 is 1.46. The van der Waals surface area contributed by atoms with Crippen molar-refractivity contribution < 1.29 is 4.79 Å². The van der Waals surface area contributed by atoms with E-state index in [1.54, 1.807) is 4.90 Å². The monoisotopic (exact) mass is 406 g/mol. The second-order valence-corrected chi connectivity index (χ2v) is 8.33. The lowest BCUT2D eigenvalue weighted by Crippen LogP contribution is -2.39. The van der Waals surface area contributed by atoms with Crippen LogP contribution in [0.25, 0.3) is 21.3 Å². The third kappa shape index (κ3) is 3.94. The normalized spacial score (nSPS) is 14.8. The van der Waals surface area contributed by atoms with Crippen molar-refractivity contribution in [2.45, 2.75) is 32.7 Å². The number of nitriles is 1. The van der Waals surface area contributed by atoms with Crippen molar-refractivity contribution in [2.24, 2.45) is 5.92 Å². The van der Waals surface area contributed by atoms with E-state index in [2.05, 4.69) is 11.1 Å². The second kappa shape index (κ2) is 8.18. The number of hydrogen-bond acceptors (Lipinski definition) is 5. The lowest BCUT2D eigenvalue weighted by atomic mass is 9.98.